The van der Waals surface area contributed by atoms with E-state index >= 15 is 0 Å². The minimum Gasteiger partial charge on any atom is -0.485 e. The minimum atomic E-state index is -0.441. The lowest BCUT2D eigenvalue weighted by Crippen LogP contribution is -2.00. The molecule has 3 rings (SSSR count). The van der Waals surface area contributed by atoms with Gasteiger partial charge in [0.1, 0.15) is 12.2 Å². The second-order valence-electron chi connectivity index (χ2n) is 4.63. The van der Waals surface area contributed by atoms with E-state index in [0.29, 0.717) is 28.2 Å². The van der Waals surface area contributed by atoms with E-state index in [1.807, 2.05) is 0 Å². The molecule has 110 valence electrons. The molecular weight excluding hydrogens is 276 g/mol. The van der Waals surface area contributed by atoms with Gasteiger partial charge >= 0.3 is 5.63 Å². The van der Waals surface area contributed by atoms with Crippen LogP contribution in [0.1, 0.15) is 6.92 Å². The van der Waals surface area contributed by atoms with Gasteiger partial charge < -0.3 is 23.7 Å². The van der Waals surface area contributed by atoms with Crippen LogP contribution < -0.4 is 19.8 Å². The Morgan fingerprint density at radius 1 is 1.43 bits per heavy atom. The van der Waals surface area contributed by atoms with Gasteiger partial charge in [-0.05, 0) is 24.6 Å². The van der Waals surface area contributed by atoms with Gasteiger partial charge in [-0.3, -0.25) is 0 Å². The van der Waals surface area contributed by atoms with Gasteiger partial charge in [-0.1, -0.05) is 0 Å². The summed E-state index contributed by atoms with van der Waals surface area (Å²) in [6, 6.07) is 4.56. The maximum Gasteiger partial charge on any atom is 0.336 e. The van der Waals surface area contributed by atoms with E-state index in [0.717, 1.165) is 5.57 Å². The molecule has 1 aromatic carbocycles. The Hall–Kier alpha value is -2.47. The van der Waals surface area contributed by atoms with Gasteiger partial charge in [-0.2, -0.15) is 0 Å². The molecule has 0 radical (unpaired) electrons. The fourth-order valence-electron chi connectivity index (χ4n) is 2.02. The summed E-state index contributed by atoms with van der Waals surface area (Å²) in [7, 11) is 0. The molecule has 0 amide bonds. The van der Waals surface area contributed by atoms with Crippen LogP contribution in [-0.2, 0) is 0 Å². The zero-order valence-electron chi connectivity index (χ0n) is 11.4. The molecule has 0 unspecified atom stereocenters. The molecule has 1 N–H and O–H groups in total. The Bertz CT molecular complexity index is 759. The second-order valence-corrected chi connectivity index (χ2v) is 4.63. The third kappa shape index (κ3) is 2.57. The molecule has 0 atom stereocenters. The molecule has 1 aliphatic heterocycles. The van der Waals surface area contributed by atoms with Crippen molar-refractivity contribution < 1.29 is 23.7 Å². The zero-order chi connectivity index (χ0) is 14.8. The van der Waals surface area contributed by atoms with Crippen molar-refractivity contribution in [3.05, 3.63) is 40.3 Å². The normalized spacial score (nSPS) is 13.7. The van der Waals surface area contributed by atoms with E-state index in [9.17, 15) is 4.79 Å². The summed E-state index contributed by atoms with van der Waals surface area (Å²) >= 11 is 0. The number of hydrogen-bond donors (Lipinski definition) is 1. The van der Waals surface area contributed by atoms with Crippen LogP contribution in [0.3, 0.4) is 0 Å². The molecule has 0 bridgehead atoms. The van der Waals surface area contributed by atoms with Gasteiger partial charge in [0.05, 0.1) is 12.0 Å². The topological polar surface area (TPSA) is 78.1 Å². The first-order valence-electron chi connectivity index (χ1n) is 6.45. The molecule has 6 heteroatoms. The molecule has 1 aliphatic rings. The highest BCUT2D eigenvalue weighted by Gasteiger charge is 2.23. The smallest absolute Gasteiger partial charge is 0.336 e. The lowest BCUT2D eigenvalue weighted by atomic mass is 10.2. The van der Waals surface area contributed by atoms with Crippen LogP contribution in [-0.4, -0.2) is 25.1 Å². The number of ether oxygens (including phenoxy) is 3. The summed E-state index contributed by atoms with van der Waals surface area (Å²) < 4.78 is 21.6. The van der Waals surface area contributed by atoms with Crippen LogP contribution in [0.15, 0.2) is 39.1 Å². The van der Waals surface area contributed by atoms with Crippen molar-refractivity contribution >= 4 is 11.0 Å². The van der Waals surface area contributed by atoms with Gasteiger partial charge in [0.15, 0.2) is 11.5 Å². The molecule has 21 heavy (non-hydrogen) atoms. The lowest BCUT2D eigenvalue weighted by Gasteiger charge is -2.10. The van der Waals surface area contributed by atoms with Crippen molar-refractivity contribution in [1.29, 1.82) is 0 Å². The second kappa shape index (κ2) is 5.49. The minimum absolute atomic E-state index is 0.0223. The van der Waals surface area contributed by atoms with E-state index in [1.54, 1.807) is 25.1 Å². The summed E-state index contributed by atoms with van der Waals surface area (Å²) in [5.74, 6) is 1.44. The van der Waals surface area contributed by atoms with Gasteiger partial charge in [-0.25, -0.2) is 4.79 Å². The molecule has 2 aromatic rings. The Morgan fingerprint density at radius 3 is 3.10 bits per heavy atom. The summed E-state index contributed by atoms with van der Waals surface area (Å²) in [6.45, 7) is 2.14. The van der Waals surface area contributed by atoms with Crippen LogP contribution in [0.2, 0.25) is 0 Å². The van der Waals surface area contributed by atoms with Crippen LogP contribution in [0.5, 0.6) is 17.2 Å². The van der Waals surface area contributed by atoms with Crippen molar-refractivity contribution in [2.45, 2.75) is 6.92 Å². The van der Waals surface area contributed by atoms with Crippen molar-refractivity contribution in [2.75, 3.05) is 20.0 Å². The van der Waals surface area contributed by atoms with Gasteiger partial charge in [0.2, 0.25) is 12.5 Å². The molecule has 0 fully saturated rings. The quantitative estimate of drug-likeness (QED) is 0.684. The Kier molecular flexibility index (Phi) is 3.53. The average Bonchev–Trinajstić information content (AvgIpc) is 2.93. The van der Waals surface area contributed by atoms with E-state index in [4.69, 9.17) is 23.7 Å². The standard InChI is InChI=1S/C15H14O6/c1-9(7-16)4-5-18-14-10-2-3-13(17)21-11(10)6-12-15(14)20-8-19-12/h2-4,6,16H,5,7-8H2,1H3/b9-4+. The fourth-order valence-corrected chi connectivity index (χ4v) is 2.02. The Morgan fingerprint density at radius 2 is 2.29 bits per heavy atom. The molecule has 6 nitrogen and oxygen atoms in total. The van der Waals surface area contributed by atoms with Crippen LogP contribution in [0, 0.1) is 0 Å². The first kappa shape index (κ1) is 13.5. The highest BCUT2D eigenvalue weighted by Crippen LogP contribution is 2.45. The number of aliphatic hydroxyl groups excluding tert-OH is 1. The van der Waals surface area contributed by atoms with Crippen molar-refractivity contribution in [2.24, 2.45) is 0 Å². The summed E-state index contributed by atoms with van der Waals surface area (Å²) in [4.78, 5) is 11.3. The van der Waals surface area contributed by atoms with Crippen molar-refractivity contribution in [3.8, 4) is 17.2 Å². The maximum atomic E-state index is 11.3. The van der Waals surface area contributed by atoms with Crippen molar-refractivity contribution in [1.82, 2.24) is 0 Å². The summed E-state index contributed by atoms with van der Waals surface area (Å²) in [5, 5.41) is 9.60. The zero-order valence-corrected chi connectivity index (χ0v) is 11.4. The number of hydrogen-bond acceptors (Lipinski definition) is 6. The first-order valence-corrected chi connectivity index (χ1v) is 6.45. The highest BCUT2D eigenvalue weighted by molar-refractivity contribution is 5.89. The monoisotopic (exact) mass is 290 g/mol. The van der Waals surface area contributed by atoms with Gasteiger partial charge in [0, 0.05) is 12.1 Å². The molecule has 0 aliphatic carbocycles. The van der Waals surface area contributed by atoms with E-state index in [-0.39, 0.29) is 20.0 Å². The third-order valence-electron chi connectivity index (χ3n) is 3.13. The average molecular weight is 290 g/mol. The predicted octanol–water partition coefficient (Wildman–Crippen LogP) is 1.84. The SMILES string of the molecule is C/C(=C\COc1c2c(cc3oc(=O)ccc13)OCO2)CO. The molecule has 0 saturated carbocycles. The van der Waals surface area contributed by atoms with E-state index in [2.05, 4.69) is 0 Å². The van der Waals surface area contributed by atoms with E-state index in [1.165, 1.54) is 6.07 Å². The Balaban J connectivity index is 2.05. The van der Waals surface area contributed by atoms with Crippen LogP contribution >= 0.6 is 0 Å². The molecule has 1 aromatic heterocycles. The lowest BCUT2D eigenvalue weighted by molar-refractivity contribution is 0.170. The Labute approximate surface area is 120 Å². The molecular formula is C15H14O6. The first-order chi connectivity index (χ1) is 10.2. The molecule has 2 heterocycles. The van der Waals surface area contributed by atoms with Crippen LogP contribution in [0.25, 0.3) is 11.0 Å². The maximum absolute atomic E-state index is 11.3. The summed E-state index contributed by atoms with van der Waals surface area (Å²) in [6.07, 6.45) is 1.76. The third-order valence-corrected chi connectivity index (χ3v) is 3.13. The van der Waals surface area contributed by atoms with Gasteiger partial charge in [-0.15, -0.1) is 0 Å². The molecule has 0 saturated heterocycles. The fraction of sp³-hybridized carbons (Fsp3) is 0.267. The molecule has 0 spiro atoms. The number of aliphatic hydroxyl groups is 1. The largest absolute Gasteiger partial charge is 0.485 e. The van der Waals surface area contributed by atoms with Crippen LogP contribution in [0.4, 0.5) is 0 Å². The van der Waals surface area contributed by atoms with E-state index < -0.39 is 5.63 Å². The van der Waals surface area contributed by atoms with Gasteiger partial charge in [0.25, 0.3) is 0 Å². The number of fused-ring (bicyclic) bond motifs is 2. The number of benzene rings is 1. The van der Waals surface area contributed by atoms with Crippen molar-refractivity contribution in [3.63, 3.8) is 0 Å². The highest BCUT2D eigenvalue weighted by atomic mass is 16.7. The number of rotatable bonds is 4. The predicted molar refractivity (Wildman–Crippen MR) is 74.9 cm³/mol. The summed E-state index contributed by atoms with van der Waals surface area (Å²) in [5.41, 5.74) is 0.739.